The molecule has 1 aromatic carbocycles. The summed E-state index contributed by atoms with van der Waals surface area (Å²) in [6, 6.07) is 9.02. The van der Waals surface area contributed by atoms with Gasteiger partial charge in [-0.05, 0) is 18.2 Å². The van der Waals surface area contributed by atoms with E-state index >= 15 is 0 Å². The van der Waals surface area contributed by atoms with Gasteiger partial charge in [0.15, 0.2) is 0 Å². The highest BCUT2D eigenvalue weighted by Crippen LogP contribution is 2.28. The second-order valence-electron chi connectivity index (χ2n) is 4.32. The zero-order chi connectivity index (χ0) is 15.5. The number of nitrogens with one attached hydrogen (secondary N) is 1. The Labute approximate surface area is 118 Å². The normalized spacial score (nSPS) is 13.0. The van der Waals surface area contributed by atoms with Crippen molar-refractivity contribution >= 4 is 5.82 Å². The minimum Gasteiger partial charge on any atom is -0.386 e. The van der Waals surface area contributed by atoms with Gasteiger partial charge in [0.2, 0.25) is 0 Å². The quantitative estimate of drug-likeness (QED) is 0.851. The van der Waals surface area contributed by atoms with Gasteiger partial charge in [-0.2, -0.15) is 13.2 Å². The van der Waals surface area contributed by atoms with Crippen molar-refractivity contribution in [3.8, 4) is 0 Å². The number of aromatic nitrogens is 1. The summed E-state index contributed by atoms with van der Waals surface area (Å²) >= 11 is 0. The molecule has 2 aromatic rings. The molecule has 0 spiro atoms. The molecule has 3 nitrogen and oxygen atoms in total. The Balaban J connectivity index is 2.05. The molecule has 2 rings (SSSR count). The third-order valence-corrected chi connectivity index (χ3v) is 2.78. The molecule has 0 fully saturated rings. The van der Waals surface area contributed by atoms with E-state index in [1.807, 2.05) is 0 Å². The first-order valence-electron chi connectivity index (χ1n) is 6.08. The van der Waals surface area contributed by atoms with Gasteiger partial charge in [-0.1, -0.05) is 24.3 Å². The van der Waals surface area contributed by atoms with E-state index in [1.54, 1.807) is 6.07 Å². The van der Waals surface area contributed by atoms with Crippen molar-refractivity contribution < 1.29 is 22.7 Å². The van der Waals surface area contributed by atoms with Crippen LogP contribution in [-0.2, 0) is 6.18 Å². The van der Waals surface area contributed by atoms with Crippen molar-refractivity contribution in [2.75, 3.05) is 11.9 Å². The third kappa shape index (κ3) is 3.91. The molecule has 1 atom stereocenters. The van der Waals surface area contributed by atoms with Crippen molar-refractivity contribution in [1.29, 1.82) is 0 Å². The molecule has 0 aliphatic carbocycles. The fourth-order valence-electron chi connectivity index (χ4n) is 1.75. The molecule has 112 valence electrons. The number of hydrogen-bond acceptors (Lipinski definition) is 3. The fourth-order valence-corrected chi connectivity index (χ4v) is 1.75. The van der Waals surface area contributed by atoms with Crippen molar-refractivity contribution in [3.05, 3.63) is 59.5 Å². The SMILES string of the molecule is OC(CNc1cccc(C(F)(F)F)n1)c1ccccc1F. The second-order valence-corrected chi connectivity index (χ2v) is 4.32. The molecule has 0 aliphatic rings. The highest BCUT2D eigenvalue weighted by molar-refractivity contribution is 5.36. The van der Waals surface area contributed by atoms with Crippen molar-refractivity contribution in [2.24, 2.45) is 0 Å². The van der Waals surface area contributed by atoms with Gasteiger partial charge in [-0.15, -0.1) is 0 Å². The lowest BCUT2D eigenvalue weighted by Gasteiger charge is -2.14. The number of aliphatic hydroxyl groups is 1. The number of rotatable bonds is 4. The lowest BCUT2D eigenvalue weighted by atomic mass is 10.1. The van der Waals surface area contributed by atoms with E-state index < -0.39 is 23.8 Å². The third-order valence-electron chi connectivity index (χ3n) is 2.78. The summed E-state index contributed by atoms with van der Waals surface area (Å²) in [6.07, 6.45) is -5.73. The number of alkyl halides is 3. The summed E-state index contributed by atoms with van der Waals surface area (Å²) in [5, 5.41) is 12.4. The van der Waals surface area contributed by atoms with E-state index in [2.05, 4.69) is 10.3 Å². The number of hydrogen-bond donors (Lipinski definition) is 2. The molecule has 7 heteroatoms. The Kier molecular flexibility index (Phi) is 4.42. The summed E-state index contributed by atoms with van der Waals surface area (Å²) in [7, 11) is 0. The van der Waals surface area contributed by atoms with E-state index in [4.69, 9.17) is 0 Å². The number of nitrogens with zero attached hydrogens (tertiary/aromatic N) is 1. The predicted molar refractivity (Wildman–Crippen MR) is 69.1 cm³/mol. The Bertz CT molecular complexity index is 616. The standard InChI is InChI=1S/C14H12F4N2O/c15-10-5-2-1-4-9(10)11(21)8-19-13-7-3-6-12(20-13)14(16,17)18/h1-7,11,21H,8H2,(H,19,20). The van der Waals surface area contributed by atoms with Crippen LogP contribution in [0.5, 0.6) is 0 Å². The molecule has 2 N–H and O–H groups in total. The van der Waals surface area contributed by atoms with Crippen molar-refractivity contribution in [2.45, 2.75) is 12.3 Å². The Morgan fingerprint density at radius 2 is 1.81 bits per heavy atom. The predicted octanol–water partition coefficient (Wildman–Crippen LogP) is 3.39. The van der Waals surface area contributed by atoms with E-state index in [9.17, 15) is 22.7 Å². The molecule has 1 heterocycles. The fraction of sp³-hybridized carbons (Fsp3) is 0.214. The molecular weight excluding hydrogens is 288 g/mol. The van der Waals surface area contributed by atoms with Crippen LogP contribution in [0, 0.1) is 5.82 Å². The zero-order valence-electron chi connectivity index (χ0n) is 10.7. The molecule has 1 unspecified atom stereocenters. The van der Waals surface area contributed by atoms with Crippen molar-refractivity contribution in [1.82, 2.24) is 4.98 Å². The summed E-state index contributed by atoms with van der Waals surface area (Å²) in [5.74, 6) is -0.621. The van der Waals surface area contributed by atoms with E-state index in [1.165, 1.54) is 30.3 Å². The number of halogens is 4. The number of aliphatic hydroxyl groups excluding tert-OH is 1. The van der Waals surface area contributed by atoms with Gasteiger partial charge in [0.1, 0.15) is 17.3 Å². The molecule has 21 heavy (non-hydrogen) atoms. The van der Waals surface area contributed by atoms with Gasteiger partial charge in [-0.25, -0.2) is 9.37 Å². The van der Waals surface area contributed by atoms with Crippen LogP contribution in [0.2, 0.25) is 0 Å². The highest BCUT2D eigenvalue weighted by Gasteiger charge is 2.32. The number of pyridine rings is 1. The van der Waals surface area contributed by atoms with Crippen LogP contribution in [0.4, 0.5) is 23.4 Å². The molecular formula is C14H12F4N2O. The maximum absolute atomic E-state index is 13.4. The first kappa shape index (κ1) is 15.2. The Morgan fingerprint density at radius 1 is 1.10 bits per heavy atom. The largest absolute Gasteiger partial charge is 0.433 e. The number of benzene rings is 1. The van der Waals surface area contributed by atoms with E-state index in [-0.39, 0.29) is 17.9 Å². The van der Waals surface area contributed by atoms with Gasteiger partial charge < -0.3 is 10.4 Å². The Hall–Kier alpha value is -2.15. The summed E-state index contributed by atoms with van der Waals surface area (Å²) < 4.78 is 50.9. The van der Waals surface area contributed by atoms with Gasteiger partial charge in [0.05, 0.1) is 6.10 Å². The molecule has 0 saturated heterocycles. The van der Waals surface area contributed by atoms with Crippen LogP contribution < -0.4 is 5.32 Å². The van der Waals surface area contributed by atoms with Gasteiger partial charge >= 0.3 is 6.18 Å². The molecule has 0 saturated carbocycles. The molecule has 0 bridgehead atoms. The monoisotopic (exact) mass is 300 g/mol. The minimum absolute atomic E-state index is 0.0415. The van der Waals surface area contributed by atoms with Crippen molar-refractivity contribution in [3.63, 3.8) is 0 Å². The van der Waals surface area contributed by atoms with Crippen LogP contribution >= 0.6 is 0 Å². The lowest BCUT2D eigenvalue weighted by molar-refractivity contribution is -0.141. The number of anilines is 1. The Morgan fingerprint density at radius 3 is 2.48 bits per heavy atom. The van der Waals surface area contributed by atoms with E-state index in [0.717, 1.165) is 6.07 Å². The first-order chi connectivity index (χ1) is 9.88. The van der Waals surface area contributed by atoms with Crippen LogP contribution in [0.1, 0.15) is 17.4 Å². The minimum atomic E-state index is -4.54. The average molecular weight is 300 g/mol. The second kappa shape index (κ2) is 6.09. The topological polar surface area (TPSA) is 45.1 Å². The molecule has 0 aliphatic heterocycles. The lowest BCUT2D eigenvalue weighted by Crippen LogP contribution is -2.15. The van der Waals surface area contributed by atoms with Crippen LogP contribution in [0.3, 0.4) is 0 Å². The molecule has 0 radical (unpaired) electrons. The first-order valence-corrected chi connectivity index (χ1v) is 6.08. The summed E-state index contributed by atoms with van der Waals surface area (Å²) in [5.41, 5.74) is -0.968. The van der Waals surface area contributed by atoms with E-state index in [0.29, 0.717) is 0 Å². The summed E-state index contributed by atoms with van der Waals surface area (Å²) in [6.45, 7) is -0.157. The maximum Gasteiger partial charge on any atom is 0.433 e. The van der Waals surface area contributed by atoms with Gasteiger partial charge in [0, 0.05) is 12.1 Å². The smallest absolute Gasteiger partial charge is 0.386 e. The maximum atomic E-state index is 13.4. The summed E-state index contributed by atoms with van der Waals surface area (Å²) in [4.78, 5) is 3.39. The van der Waals surface area contributed by atoms with Crippen LogP contribution in [-0.4, -0.2) is 16.6 Å². The molecule has 0 amide bonds. The van der Waals surface area contributed by atoms with Gasteiger partial charge in [0.25, 0.3) is 0 Å². The van der Waals surface area contributed by atoms with Crippen LogP contribution in [0.15, 0.2) is 42.5 Å². The van der Waals surface area contributed by atoms with Crippen LogP contribution in [0.25, 0.3) is 0 Å². The highest BCUT2D eigenvalue weighted by atomic mass is 19.4. The zero-order valence-corrected chi connectivity index (χ0v) is 10.7. The molecule has 1 aromatic heterocycles. The average Bonchev–Trinajstić information content (AvgIpc) is 2.45. The van der Waals surface area contributed by atoms with Gasteiger partial charge in [-0.3, -0.25) is 0 Å².